The maximum absolute atomic E-state index is 5.34. The first-order valence-corrected chi connectivity index (χ1v) is 7.69. The van der Waals surface area contributed by atoms with E-state index in [-0.39, 0.29) is 0 Å². The van der Waals surface area contributed by atoms with Crippen molar-refractivity contribution in [1.82, 2.24) is 9.55 Å². The Morgan fingerprint density at radius 2 is 2.10 bits per heavy atom. The van der Waals surface area contributed by atoms with Crippen molar-refractivity contribution >= 4 is 5.95 Å². The summed E-state index contributed by atoms with van der Waals surface area (Å²) in [5, 5.41) is 3.38. The molecule has 1 unspecified atom stereocenters. The Bertz CT molecular complexity index is 510. The van der Waals surface area contributed by atoms with E-state index in [0.29, 0.717) is 5.92 Å². The molecule has 0 aliphatic rings. The third kappa shape index (κ3) is 4.90. The van der Waals surface area contributed by atoms with Crippen molar-refractivity contribution < 1.29 is 4.74 Å². The number of nitrogens with zero attached hydrogens (tertiary/aromatic N) is 2. The van der Waals surface area contributed by atoms with Gasteiger partial charge in [-0.2, -0.15) is 0 Å². The highest BCUT2D eigenvalue weighted by Gasteiger charge is 2.09. The van der Waals surface area contributed by atoms with Gasteiger partial charge in [-0.3, -0.25) is 0 Å². The molecular formula is C17H25N3O. The summed E-state index contributed by atoms with van der Waals surface area (Å²) in [5.41, 5.74) is 1.36. The first-order chi connectivity index (χ1) is 10.3. The second-order valence-electron chi connectivity index (χ2n) is 5.19. The number of benzene rings is 1. The molecule has 0 radical (unpaired) electrons. The zero-order chi connectivity index (χ0) is 14.9. The van der Waals surface area contributed by atoms with Crippen LogP contribution in [0.25, 0.3) is 0 Å². The highest BCUT2D eigenvalue weighted by molar-refractivity contribution is 5.27. The number of aromatic nitrogens is 2. The van der Waals surface area contributed by atoms with Gasteiger partial charge in [-0.05, 0) is 24.8 Å². The van der Waals surface area contributed by atoms with E-state index in [9.17, 15) is 0 Å². The first-order valence-electron chi connectivity index (χ1n) is 7.69. The van der Waals surface area contributed by atoms with Gasteiger partial charge in [-0.25, -0.2) is 4.98 Å². The average molecular weight is 287 g/mol. The van der Waals surface area contributed by atoms with Crippen LogP contribution in [0, 0.1) is 0 Å². The van der Waals surface area contributed by atoms with Gasteiger partial charge >= 0.3 is 0 Å². The number of hydrogen-bond donors (Lipinski definition) is 1. The van der Waals surface area contributed by atoms with E-state index in [1.54, 1.807) is 0 Å². The Morgan fingerprint density at radius 1 is 1.29 bits per heavy atom. The molecule has 1 aromatic heterocycles. The number of rotatable bonds is 9. The van der Waals surface area contributed by atoms with Crippen LogP contribution in [0.5, 0.6) is 0 Å². The topological polar surface area (TPSA) is 39.1 Å². The molecule has 0 fully saturated rings. The molecule has 0 saturated heterocycles. The molecule has 4 nitrogen and oxygen atoms in total. The molecule has 1 heterocycles. The van der Waals surface area contributed by atoms with Crippen LogP contribution >= 0.6 is 0 Å². The van der Waals surface area contributed by atoms with Crippen molar-refractivity contribution in [2.24, 2.45) is 0 Å². The summed E-state index contributed by atoms with van der Waals surface area (Å²) in [6, 6.07) is 10.6. The van der Waals surface area contributed by atoms with Crippen LogP contribution in [0.15, 0.2) is 42.7 Å². The fraction of sp³-hybridized carbons (Fsp3) is 0.471. The van der Waals surface area contributed by atoms with Gasteiger partial charge in [-0.1, -0.05) is 37.3 Å². The Kier molecular flexibility index (Phi) is 6.28. The Hall–Kier alpha value is -1.81. The fourth-order valence-electron chi connectivity index (χ4n) is 2.32. The molecule has 0 aliphatic carbocycles. The third-order valence-electron chi connectivity index (χ3n) is 3.51. The lowest BCUT2D eigenvalue weighted by molar-refractivity contribution is 0.147. The van der Waals surface area contributed by atoms with Crippen molar-refractivity contribution in [2.75, 3.05) is 25.1 Å². The molecule has 2 aromatic rings. The molecule has 1 N–H and O–H groups in total. The van der Waals surface area contributed by atoms with Gasteiger partial charge in [0.1, 0.15) is 0 Å². The summed E-state index contributed by atoms with van der Waals surface area (Å²) >= 11 is 0. The van der Waals surface area contributed by atoms with Gasteiger partial charge in [0.25, 0.3) is 0 Å². The van der Waals surface area contributed by atoms with E-state index < -0.39 is 0 Å². The zero-order valence-corrected chi connectivity index (χ0v) is 13.0. The number of hydrogen-bond acceptors (Lipinski definition) is 3. The molecule has 0 bridgehead atoms. The van der Waals surface area contributed by atoms with E-state index in [1.165, 1.54) is 5.56 Å². The largest absolute Gasteiger partial charge is 0.382 e. The van der Waals surface area contributed by atoms with Crippen molar-refractivity contribution in [3.05, 3.63) is 48.3 Å². The summed E-state index contributed by atoms with van der Waals surface area (Å²) in [7, 11) is 0. The van der Waals surface area contributed by atoms with Crippen molar-refractivity contribution in [2.45, 2.75) is 32.7 Å². The maximum atomic E-state index is 5.34. The lowest BCUT2D eigenvalue weighted by Crippen LogP contribution is -2.13. The van der Waals surface area contributed by atoms with Crippen LogP contribution < -0.4 is 5.32 Å². The molecule has 0 spiro atoms. The zero-order valence-electron chi connectivity index (χ0n) is 13.0. The molecule has 1 aromatic carbocycles. The van der Waals surface area contributed by atoms with Crippen molar-refractivity contribution in [3.8, 4) is 0 Å². The smallest absolute Gasteiger partial charge is 0.202 e. The second kappa shape index (κ2) is 8.47. The quantitative estimate of drug-likeness (QED) is 0.717. The summed E-state index contributed by atoms with van der Waals surface area (Å²) < 4.78 is 7.52. The SMILES string of the molecule is CCOCCCNc1nccn1CC(C)c1ccccc1. The molecule has 0 amide bonds. The molecular weight excluding hydrogens is 262 g/mol. The third-order valence-corrected chi connectivity index (χ3v) is 3.51. The summed E-state index contributed by atoms with van der Waals surface area (Å²) in [4.78, 5) is 4.39. The van der Waals surface area contributed by atoms with Gasteiger partial charge in [0, 0.05) is 38.7 Å². The normalized spacial score (nSPS) is 12.3. The molecule has 2 rings (SSSR count). The lowest BCUT2D eigenvalue weighted by atomic mass is 10.0. The fourth-order valence-corrected chi connectivity index (χ4v) is 2.32. The predicted molar refractivity (Wildman–Crippen MR) is 86.7 cm³/mol. The van der Waals surface area contributed by atoms with Gasteiger partial charge in [0.05, 0.1) is 0 Å². The lowest BCUT2D eigenvalue weighted by Gasteiger charge is -2.15. The van der Waals surface area contributed by atoms with E-state index >= 15 is 0 Å². The van der Waals surface area contributed by atoms with E-state index in [1.807, 2.05) is 19.3 Å². The van der Waals surface area contributed by atoms with Crippen molar-refractivity contribution in [1.29, 1.82) is 0 Å². The maximum Gasteiger partial charge on any atom is 0.202 e. The monoisotopic (exact) mass is 287 g/mol. The number of ether oxygens (including phenoxy) is 1. The molecule has 0 aliphatic heterocycles. The summed E-state index contributed by atoms with van der Waals surface area (Å²) in [6.45, 7) is 7.65. The first kappa shape index (κ1) is 15.6. The summed E-state index contributed by atoms with van der Waals surface area (Å²) in [6.07, 6.45) is 4.88. The highest BCUT2D eigenvalue weighted by Crippen LogP contribution is 2.18. The predicted octanol–water partition coefficient (Wildman–Crippen LogP) is 3.53. The van der Waals surface area contributed by atoms with E-state index in [2.05, 4.69) is 52.1 Å². The number of nitrogens with one attached hydrogen (secondary N) is 1. The van der Waals surface area contributed by atoms with Crippen LogP contribution in [0.3, 0.4) is 0 Å². The van der Waals surface area contributed by atoms with Gasteiger partial charge in [-0.15, -0.1) is 0 Å². The Labute approximate surface area is 127 Å². The van der Waals surface area contributed by atoms with E-state index in [4.69, 9.17) is 4.74 Å². The van der Waals surface area contributed by atoms with Crippen LogP contribution in [-0.4, -0.2) is 29.3 Å². The average Bonchev–Trinajstić information content (AvgIpc) is 2.95. The summed E-state index contributed by atoms with van der Waals surface area (Å²) in [5.74, 6) is 1.40. The standard InChI is InChI=1S/C17H25N3O/c1-3-21-13-7-10-18-17-19-11-12-20(17)14-15(2)16-8-5-4-6-9-16/h4-6,8-9,11-12,15H,3,7,10,13-14H2,1-2H3,(H,18,19). The second-order valence-corrected chi connectivity index (χ2v) is 5.19. The minimum atomic E-state index is 0.462. The van der Waals surface area contributed by atoms with Crippen LogP contribution in [0.4, 0.5) is 5.95 Å². The van der Waals surface area contributed by atoms with Gasteiger partial charge in [0.2, 0.25) is 5.95 Å². The number of imidazole rings is 1. The minimum Gasteiger partial charge on any atom is -0.382 e. The molecule has 4 heteroatoms. The Balaban J connectivity index is 1.85. The Morgan fingerprint density at radius 3 is 2.86 bits per heavy atom. The molecule has 1 atom stereocenters. The van der Waals surface area contributed by atoms with Crippen molar-refractivity contribution in [3.63, 3.8) is 0 Å². The molecule has 21 heavy (non-hydrogen) atoms. The number of anilines is 1. The molecule has 0 saturated carbocycles. The van der Waals surface area contributed by atoms with Gasteiger partial charge in [0.15, 0.2) is 0 Å². The van der Waals surface area contributed by atoms with E-state index in [0.717, 1.165) is 38.7 Å². The minimum absolute atomic E-state index is 0.462. The van der Waals surface area contributed by atoms with Crippen LogP contribution in [0.1, 0.15) is 31.7 Å². The van der Waals surface area contributed by atoms with Crippen LogP contribution in [0.2, 0.25) is 0 Å². The molecule has 114 valence electrons. The van der Waals surface area contributed by atoms with Gasteiger partial charge < -0.3 is 14.6 Å². The highest BCUT2D eigenvalue weighted by atomic mass is 16.5. The van der Waals surface area contributed by atoms with Crippen LogP contribution in [-0.2, 0) is 11.3 Å².